The number of halogens is 1. The Kier molecular flexibility index (Phi) is 3.97. The Balaban J connectivity index is 1.59. The molecular formula is C20H10ClN3O4S. The van der Waals surface area contributed by atoms with E-state index in [9.17, 15) is 14.9 Å². The van der Waals surface area contributed by atoms with Gasteiger partial charge in [0.25, 0.3) is 11.2 Å². The van der Waals surface area contributed by atoms with Gasteiger partial charge in [0.2, 0.25) is 0 Å². The van der Waals surface area contributed by atoms with Crippen LogP contribution < -0.4 is 10.1 Å². The van der Waals surface area contributed by atoms with Crippen molar-refractivity contribution in [3.63, 3.8) is 0 Å². The van der Waals surface area contributed by atoms with E-state index in [0.29, 0.717) is 26.6 Å². The van der Waals surface area contributed by atoms with E-state index in [4.69, 9.17) is 16.0 Å². The number of benzene rings is 2. The maximum atomic E-state index is 12.8. The molecule has 0 aliphatic heterocycles. The summed E-state index contributed by atoms with van der Waals surface area (Å²) in [7, 11) is 0. The van der Waals surface area contributed by atoms with Crippen molar-refractivity contribution < 1.29 is 9.34 Å². The molecule has 0 atom stereocenters. The molecule has 0 fully saturated rings. The number of para-hydroxylation sites is 2. The molecule has 142 valence electrons. The van der Waals surface area contributed by atoms with Gasteiger partial charge in [-0.1, -0.05) is 35.1 Å². The molecule has 2 aromatic carbocycles. The summed E-state index contributed by atoms with van der Waals surface area (Å²) in [5.74, 6) is 0.902. The fraction of sp³-hybridized carbons (Fsp3) is 0. The largest absolute Gasteiger partial charge is 0.457 e. The van der Waals surface area contributed by atoms with Crippen LogP contribution in [-0.4, -0.2) is 14.3 Å². The first-order valence-corrected chi connectivity index (χ1v) is 9.66. The Hall–Kier alpha value is -3.49. The number of nitro groups is 1. The third-order valence-electron chi connectivity index (χ3n) is 4.47. The van der Waals surface area contributed by atoms with Crippen molar-refractivity contribution in [1.82, 2.24) is 9.38 Å². The second kappa shape index (κ2) is 6.54. The van der Waals surface area contributed by atoms with Gasteiger partial charge in [0, 0.05) is 17.7 Å². The predicted octanol–water partition coefficient (Wildman–Crippen LogP) is 4.28. The highest BCUT2D eigenvalue weighted by Crippen LogP contribution is 2.31. The average molecular weight is 424 g/mol. The number of thiazole rings is 1. The highest BCUT2D eigenvalue weighted by Gasteiger charge is 2.15. The lowest BCUT2D eigenvalue weighted by Crippen LogP contribution is -2.22. The zero-order valence-corrected chi connectivity index (χ0v) is 16.1. The van der Waals surface area contributed by atoms with Crippen LogP contribution in [0, 0.1) is 10.1 Å². The van der Waals surface area contributed by atoms with Gasteiger partial charge in [-0.05, 0) is 36.4 Å². The van der Waals surface area contributed by atoms with Gasteiger partial charge in [0.1, 0.15) is 21.1 Å². The predicted molar refractivity (Wildman–Crippen MR) is 111 cm³/mol. The SMILES string of the molecule is O=c1/c(=C/c2ccc(-c3ccc(Cl)c([N+](=O)[O-])c3)o2)sc2nc3ccccc3n12. The number of rotatable bonds is 3. The molecule has 0 unspecified atom stereocenters. The lowest BCUT2D eigenvalue weighted by atomic mass is 10.1. The Labute approximate surface area is 171 Å². The fourth-order valence-electron chi connectivity index (χ4n) is 3.13. The smallest absolute Gasteiger partial charge is 0.288 e. The Morgan fingerprint density at radius 2 is 2.00 bits per heavy atom. The van der Waals surface area contributed by atoms with Crippen LogP contribution in [0.2, 0.25) is 5.02 Å². The summed E-state index contributed by atoms with van der Waals surface area (Å²) < 4.78 is 7.85. The van der Waals surface area contributed by atoms with Crippen LogP contribution >= 0.6 is 22.9 Å². The minimum atomic E-state index is -0.544. The number of nitro benzene ring substituents is 1. The first-order valence-electron chi connectivity index (χ1n) is 8.47. The number of aromatic nitrogens is 2. The lowest BCUT2D eigenvalue weighted by molar-refractivity contribution is -0.384. The Morgan fingerprint density at radius 3 is 2.83 bits per heavy atom. The third kappa shape index (κ3) is 2.89. The molecule has 0 aliphatic rings. The quantitative estimate of drug-likeness (QED) is 0.319. The van der Waals surface area contributed by atoms with Gasteiger partial charge in [-0.3, -0.25) is 14.9 Å². The fourth-order valence-corrected chi connectivity index (χ4v) is 4.29. The number of fused-ring (bicyclic) bond motifs is 3. The molecular weight excluding hydrogens is 414 g/mol. The number of furan rings is 1. The lowest BCUT2D eigenvalue weighted by Gasteiger charge is -1.99. The molecule has 0 bridgehead atoms. The molecule has 29 heavy (non-hydrogen) atoms. The molecule has 0 aliphatic carbocycles. The van der Waals surface area contributed by atoms with Crippen molar-refractivity contribution in [2.24, 2.45) is 0 Å². The number of imidazole rings is 1. The van der Waals surface area contributed by atoms with E-state index in [2.05, 4.69) is 4.98 Å². The van der Waals surface area contributed by atoms with E-state index in [1.54, 1.807) is 28.7 Å². The van der Waals surface area contributed by atoms with Crippen LogP contribution in [0.3, 0.4) is 0 Å². The highest BCUT2D eigenvalue weighted by molar-refractivity contribution is 7.15. The zero-order valence-electron chi connectivity index (χ0n) is 14.5. The molecule has 0 amide bonds. The van der Waals surface area contributed by atoms with Gasteiger partial charge >= 0.3 is 0 Å². The minimum Gasteiger partial charge on any atom is -0.457 e. The Morgan fingerprint density at radius 1 is 1.17 bits per heavy atom. The molecule has 0 saturated heterocycles. The van der Waals surface area contributed by atoms with E-state index in [1.165, 1.54) is 23.5 Å². The molecule has 9 heteroatoms. The summed E-state index contributed by atoms with van der Waals surface area (Å²) >= 11 is 7.13. The van der Waals surface area contributed by atoms with Crippen molar-refractivity contribution in [2.75, 3.05) is 0 Å². The van der Waals surface area contributed by atoms with Gasteiger partial charge in [-0.2, -0.15) is 0 Å². The van der Waals surface area contributed by atoms with Crippen molar-refractivity contribution >= 4 is 50.7 Å². The topological polar surface area (TPSA) is 90.6 Å². The average Bonchev–Trinajstić information content (AvgIpc) is 3.38. The van der Waals surface area contributed by atoms with Gasteiger partial charge in [-0.15, -0.1) is 0 Å². The minimum absolute atomic E-state index is 0.0576. The molecule has 3 aromatic heterocycles. The molecule has 0 radical (unpaired) electrons. The number of nitrogens with zero attached hydrogens (tertiary/aromatic N) is 3. The monoisotopic (exact) mass is 423 g/mol. The highest BCUT2D eigenvalue weighted by atomic mass is 35.5. The summed E-state index contributed by atoms with van der Waals surface area (Å²) in [6.45, 7) is 0. The molecule has 3 heterocycles. The van der Waals surface area contributed by atoms with E-state index >= 15 is 0 Å². The van der Waals surface area contributed by atoms with Crippen LogP contribution in [-0.2, 0) is 0 Å². The normalized spacial score (nSPS) is 12.2. The van der Waals surface area contributed by atoms with Crippen molar-refractivity contribution in [3.8, 4) is 11.3 Å². The first kappa shape index (κ1) is 17.6. The number of hydrogen-bond acceptors (Lipinski definition) is 6. The number of hydrogen-bond donors (Lipinski definition) is 0. The third-order valence-corrected chi connectivity index (χ3v) is 5.76. The van der Waals surface area contributed by atoms with Gasteiger partial charge in [0.15, 0.2) is 4.96 Å². The van der Waals surface area contributed by atoms with Gasteiger partial charge in [-0.25, -0.2) is 9.38 Å². The van der Waals surface area contributed by atoms with Crippen molar-refractivity contribution in [2.45, 2.75) is 0 Å². The van der Waals surface area contributed by atoms with Crippen LogP contribution in [0.4, 0.5) is 5.69 Å². The summed E-state index contributed by atoms with van der Waals surface area (Å²) in [5, 5.41) is 11.1. The zero-order chi connectivity index (χ0) is 20.1. The molecule has 0 N–H and O–H groups in total. The van der Waals surface area contributed by atoms with E-state index < -0.39 is 4.92 Å². The second-order valence-electron chi connectivity index (χ2n) is 6.26. The Bertz CT molecular complexity index is 1530. The molecule has 0 spiro atoms. The standard InChI is InChI=1S/C20H10ClN3O4S/c21-13-7-5-11(9-16(13)24(26)27)17-8-6-12(28-17)10-18-19(25)23-15-4-2-1-3-14(15)22-20(23)29-18/h1-10H/b18-10-. The summed E-state index contributed by atoms with van der Waals surface area (Å²) in [5.41, 5.74) is 1.69. The molecule has 5 aromatic rings. The van der Waals surface area contributed by atoms with Crippen LogP contribution in [0.25, 0.3) is 33.4 Å². The van der Waals surface area contributed by atoms with Gasteiger partial charge < -0.3 is 4.42 Å². The van der Waals surface area contributed by atoms with Gasteiger partial charge in [0.05, 0.1) is 16.0 Å². The maximum Gasteiger partial charge on any atom is 0.288 e. The molecule has 7 nitrogen and oxygen atoms in total. The van der Waals surface area contributed by atoms with E-state index in [-0.39, 0.29) is 16.3 Å². The molecule has 5 rings (SSSR count). The van der Waals surface area contributed by atoms with Crippen LogP contribution in [0.5, 0.6) is 0 Å². The second-order valence-corrected chi connectivity index (χ2v) is 7.68. The van der Waals surface area contributed by atoms with Crippen molar-refractivity contribution in [3.05, 3.63) is 90.4 Å². The first-order chi connectivity index (χ1) is 14.0. The molecule has 0 saturated carbocycles. The van der Waals surface area contributed by atoms with E-state index in [0.717, 1.165) is 11.0 Å². The van der Waals surface area contributed by atoms with Crippen LogP contribution in [0.1, 0.15) is 5.76 Å². The summed E-state index contributed by atoms with van der Waals surface area (Å²) in [6.07, 6.45) is 1.64. The van der Waals surface area contributed by atoms with Crippen molar-refractivity contribution in [1.29, 1.82) is 0 Å². The summed E-state index contributed by atoms with van der Waals surface area (Å²) in [6, 6.07) is 15.3. The summed E-state index contributed by atoms with van der Waals surface area (Å²) in [4.78, 5) is 28.4. The maximum absolute atomic E-state index is 12.8. The van der Waals surface area contributed by atoms with Crippen LogP contribution in [0.15, 0.2) is 63.8 Å². The van der Waals surface area contributed by atoms with E-state index in [1.807, 2.05) is 24.3 Å².